The summed E-state index contributed by atoms with van der Waals surface area (Å²) in [5.41, 5.74) is -4.81. The van der Waals surface area contributed by atoms with Gasteiger partial charge in [0.15, 0.2) is 11.4 Å². The molecule has 1 aromatic carbocycles. The molecule has 0 bridgehead atoms. The van der Waals surface area contributed by atoms with Crippen LogP contribution in [0.1, 0.15) is 83.9 Å². The van der Waals surface area contributed by atoms with Crippen molar-refractivity contribution in [1.82, 2.24) is 20.5 Å². The van der Waals surface area contributed by atoms with Crippen LogP contribution in [0.15, 0.2) is 36.4 Å². The predicted molar refractivity (Wildman–Crippen MR) is 182 cm³/mol. The third-order valence-corrected chi connectivity index (χ3v) is 10.00. The quantitative estimate of drug-likeness (QED) is 0.334. The molecule has 12 nitrogen and oxygen atoms in total. The van der Waals surface area contributed by atoms with Crippen molar-refractivity contribution in [2.24, 2.45) is 5.92 Å². The summed E-state index contributed by atoms with van der Waals surface area (Å²) >= 11 is 0. The van der Waals surface area contributed by atoms with E-state index in [-0.39, 0.29) is 36.9 Å². The van der Waals surface area contributed by atoms with Crippen LogP contribution in [-0.2, 0) is 25.3 Å². The van der Waals surface area contributed by atoms with Crippen molar-refractivity contribution in [3.63, 3.8) is 0 Å². The number of aliphatic carboxylic acids is 1. The Balaban J connectivity index is 1.44. The number of hydrogen-bond acceptors (Lipinski definition) is 8. The average Bonchev–Trinajstić information content (AvgIpc) is 3.63. The minimum atomic E-state index is -4.93. The van der Waals surface area contributed by atoms with Crippen molar-refractivity contribution in [3.8, 4) is 11.5 Å². The smallest absolute Gasteiger partial charge is 0.437 e. The van der Waals surface area contributed by atoms with Crippen LogP contribution in [0.5, 0.6) is 11.5 Å². The van der Waals surface area contributed by atoms with Gasteiger partial charge in [0, 0.05) is 23.3 Å². The minimum Gasteiger partial charge on any atom is -0.497 e. The van der Waals surface area contributed by atoms with Gasteiger partial charge in [-0.25, -0.2) is 14.6 Å². The van der Waals surface area contributed by atoms with Crippen LogP contribution in [0.3, 0.4) is 0 Å². The average molecular weight is 729 g/mol. The van der Waals surface area contributed by atoms with E-state index in [9.17, 15) is 37.5 Å². The zero-order chi connectivity index (χ0) is 37.8. The first-order valence-electron chi connectivity index (χ1n) is 17.4. The van der Waals surface area contributed by atoms with Crippen molar-refractivity contribution in [1.29, 1.82) is 0 Å². The third kappa shape index (κ3) is 7.13. The van der Waals surface area contributed by atoms with Gasteiger partial charge in [-0.2, -0.15) is 13.2 Å². The van der Waals surface area contributed by atoms with Gasteiger partial charge in [-0.3, -0.25) is 9.59 Å². The second kappa shape index (κ2) is 13.3. The van der Waals surface area contributed by atoms with E-state index in [1.807, 2.05) is 6.08 Å². The molecule has 280 valence electrons. The number of amides is 3. The first-order chi connectivity index (χ1) is 24.4. The monoisotopic (exact) mass is 728 g/mol. The number of methoxy groups -OCH3 is 1. The second-order valence-corrected chi connectivity index (χ2v) is 15.1. The normalized spacial score (nSPS) is 28.6. The number of allylic oxidation sites excluding steroid dienone is 2. The van der Waals surface area contributed by atoms with E-state index in [0.717, 1.165) is 6.42 Å². The highest BCUT2D eigenvalue weighted by Crippen LogP contribution is 2.50. The van der Waals surface area contributed by atoms with E-state index < -0.39 is 76.2 Å². The number of ether oxygens (including phenoxy) is 3. The zero-order valence-electron chi connectivity index (χ0n) is 29.7. The molecule has 0 unspecified atom stereocenters. The zero-order valence-corrected chi connectivity index (χ0v) is 29.7. The number of carbonyl (C=O) groups is 4. The highest BCUT2D eigenvalue weighted by molar-refractivity contribution is 5.98. The summed E-state index contributed by atoms with van der Waals surface area (Å²) in [6.07, 6.45) is 2.13. The molecule has 1 aliphatic carbocycles. The van der Waals surface area contributed by atoms with Crippen LogP contribution in [0.4, 0.5) is 18.0 Å². The lowest BCUT2D eigenvalue weighted by Gasteiger charge is -2.35. The number of pyridine rings is 1. The van der Waals surface area contributed by atoms with E-state index in [0.29, 0.717) is 36.0 Å². The molecule has 1 spiro atoms. The number of nitrogens with one attached hydrogen (secondary N) is 2. The van der Waals surface area contributed by atoms with Crippen LogP contribution in [-0.4, -0.2) is 81.3 Å². The Morgan fingerprint density at radius 1 is 1.13 bits per heavy atom. The van der Waals surface area contributed by atoms with Gasteiger partial charge in [0.1, 0.15) is 34.6 Å². The number of aromatic nitrogens is 1. The van der Waals surface area contributed by atoms with Gasteiger partial charge in [0.05, 0.1) is 19.2 Å². The summed E-state index contributed by atoms with van der Waals surface area (Å²) in [5, 5.41) is 15.9. The van der Waals surface area contributed by atoms with Crippen LogP contribution in [0, 0.1) is 5.92 Å². The van der Waals surface area contributed by atoms with Gasteiger partial charge in [0.25, 0.3) is 0 Å². The van der Waals surface area contributed by atoms with Crippen molar-refractivity contribution in [3.05, 3.63) is 47.7 Å². The fourth-order valence-corrected chi connectivity index (χ4v) is 7.50. The largest absolute Gasteiger partial charge is 0.497 e. The summed E-state index contributed by atoms with van der Waals surface area (Å²) in [7, 11) is 1.43. The van der Waals surface area contributed by atoms with Crippen molar-refractivity contribution in [2.45, 2.75) is 108 Å². The Morgan fingerprint density at radius 2 is 1.88 bits per heavy atom. The number of carboxylic acid groups (broad SMARTS) is 1. The maximum atomic E-state index is 14.7. The van der Waals surface area contributed by atoms with Gasteiger partial charge in [-0.15, -0.1) is 0 Å². The van der Waals surface area contributed by atoms with Crippen LogP contribution in [0.2, 0.25) is 0 Å². The predicted octanol–water partition coefficient (Wildman–Crippen LogP) is 5.77. The number of hydrogen-bond donors (Lipinski definition) is 3. The number of rotatable bonds is 3. The third-order valence-electron chi connectivity index (χ3n) is 10.00. The Bertz CT molecular complexity index is 1870. The fraction of sp³-hybridized carbons (Fsp3) is 0.541. The molecule has 0 radical (unpaired) electrons. The molecule has 5 atom stereocenters. The van der Waals surface area contributed by atoms with Gasteiger partial charge in [-0.05, 0) is 83.2 Å². The topological polar surface area (TPSA) is 156 Å². The van der Waals surface area contributed by atoms with E-state index in [4.69, 9.17) is 14.2 Å². The number of alkyl halides is 3. The summed E-state index contributed by atoms with van der Waals surface area (Å²) in [6, 6.07) is 1.97. The van der Waals surface area contributed by atoms with Crippen molar-refractivity contribution in [2.75, 3.05) is 13.7 Å². The van der Waals surface area contributed by atoms with E-state index in [1.165, 1.54) is 24.1 Å². The lowest BCUT2D eigenvalue weighted by Crippen LogP contribution is -2.56. The van der Waals surface area contributed by atoms with E-state index in [2.05, 4.69) is 15.6 Å². The molecular formula is C37H43F3N4O8. The molecule has 3 amide bonds. The number of benzene rings is 1. The lowest BCUT2D eigenvalue weighted by molar-refractivity contribution is -0.146. The molecule has 1 aromatic heterocycles. The maximum Gasteiger partial charge on any atom is 0.437 e. The maximum absolute atomic E-state index is 14.7. The molecule has 2 aromatic rings. The number of alkyl carbamates (subject to hydrolysis) is 1. The number of carboxylic acids is 1. The Labute approximate surface area is 298 Å². The number of carbonyl (C=O) groups excluding carboxylic acids is 3. The van der Waals surface area contributed by atoms with Crippen LogP contribution >= 0.6 is 0 Å². The summed E-state index contributed by atoms with van der Waals surface area (Å²) in [6.45, 7) is 6.26. The molecule has 4 aliphatic rings. The second-order valence-electron chi connectivity index (χ2n) is 15.1. The van der Waals surface area contributed by atoms with Crippen molar-refractivity contribution >= 4 is 40.4 Å². The van der Waals surface area contributed by atoms with Crippen LogP contribution in [0.25, 0.3) is 16.5 Å². The molecule has 3 N–H and O–H groups in total. The Morgan fingerprint density at radius 3 is 2.56 bits per heavy atom. The van der Waals surface area contributed by atoms with Gasteiger partial charge in [-0.1, -0.05) is 25.0 Å². The summed E-state index contributed by atoms with van der Waals surface area (Å²) in [4.78, 5) is 59.3. The Kier molecular flexibility index (Phi) is 9.45. The number of nitrogens with zero attached hydrogens (tertiary/aromatic N) is 2. The van der Waals surface area contributed by atoms with Gasteiger partial charge >= 0.3 is 18.2 Å². The van der Waals surface area contributed by atoms with Crippen molar-refractivity contribution < 1.29 is 51.7 Å². The fourth-order valence-electron chi connectivity index (χ4n) is 7.50. The molecule has 1 saturated heterocycles. The minimum absolute atomic E-state index is 0.0656. The summed E-state index contributed by atoms with van der Waals surface area (Å²) < 4.78 is 61.1. The number of halogens is 3. The van der Waals surface area contributed by atoms with E-state index >= 15 is 0 Å². The Hall–Kier alpha value is -4.82. The standard InChI is InChI=1S/C37H43F3N4O8/c1-20-16-35(51-28-27(20)23-15-22(50-5)13-14-24(23)41-29(28)37(38,39)40)18-26-30(45)43-36(32(47)48)17-21(36)11-9-7-6-8-10-12-25(31(46)44(26)19-35)42-33(49)52-34(2,3)4/h9,11,13-16,21,25-26H,6-8,10,12,17-19H2,1-5H3,(H,42,49)(H,43,45)(H,47,48)/b11-9-/t21-,25+,26+,35-,36-/m1/s1. The molecule has 3 aliphatic heterocycles. The molecule has 1 saturated carbocycles. The molecule has 52 heavy (non-hydrogen) atoms. The summed E-state index contributed by atoms with van der Waals surface area (Å²) in [5.74, 6) is -3.36. The van der Waals surface area contributed by atoms with E-state index in [1.54, 1.807) is 45.9 Å². The molecule has 15 heteroatoms. The highest BCUT2D eigenvalue weighted by Gasteiger charge is 2.62. The van der Waals surface area contributed by atoms with Gasteiger partial charge in [0.2, 0.25) is 11.8 Å². The highest BCUT2D eigenvalue weighted by atomic mass is 19.4. The van der Waals surface area contributed by atoms with Crippen LogP contribution < -0.4 is 20.1 Å². The number of fused-ring (bicyclic) bond motifs is 5. The van der Waals surface area contributed by atoms with Gasteiger partial charge < -0.3 is 34.9 Å². The first kappa shape index (κ1) is 37.0. The molecular weight excluding hydrogens is 685 g/mol. The lowest BCUT2D eigenvalue weighted by atomic mass is 9.88. The molecule has 4 heterocycles. The molecule has 6 rings (SSSR count). The first-order valence-corrected chi connectivity index (χ1v) is 17.4. The SMILES string of the molecule is COc1ccc2nc(C(F)(F)F)c3c(c2c1)C(C)=C[C@]1(C[C@H]2C(=O)N[C@]4(C(=O)O)C[C@H]4/C=C\CCCCC[C@H](NC(=O)OC(C)(C)C)C(=O)N2C1)O3. The molecule has 2 fully saturated rings.